The molecule has 3 atom stereocenters. The van der Waals surface area contributed by atoms with Crippen molar-refractivity contribution in [3.8, 4) is 0 Å². The molecular formula is C19H27N3O2S. The highest BCUT2D eigenvalue weighted by Crippen LogP contribution is 2.60. The second-order valence-electron chi connectivity index (χ2n) is 8.81. The number of aromatic nitrogens is 1. The molecule has 4 bridgehead atoms. The van der Waals surface area contributed by atoms with Crippen molar-refractivity contribution in [2.24, 2.45) is 23.2 Å². The molecule has 1 aliphatic heterocycles. The van der Waals surface area contributed by atoms with Gasteiger partial charge in [-0.2, -0.15) is 0 Å². The normalized spacial score (nSPS) is 42.6. The summed E-state index contributed by atoms with van der Waals surface area (Å²) in [5, 5.41) is 16.9. The first-order valence-electron chi connectivity index (χ1n) is 9.76. The van der Waals surface area contributed by atoms with Crippen LogP contribution in [0.1, 0.15) is 44.9 Å². The van der Waals surface area contributed by atoms with Gasteiger partial charge in [-0.1, -0.05) is 0 Å². The van der Waals surface area contributed by atoms with Crippen LogP contribution in [0, 0.1) is 23.2 Å². The molecule has 1 aromatic heterocycles. The molecule has 2 N–H and O–H groups in total. The van der Waals surface area contributed by atoms with Crippen molar-refractivity contribution in [1.29, 1.82) is 0 Å². The Kier molecular flexibility index (Phi) is 3.82. The van der Waals surface area contributed by atoms with Crippen LogP contribution in [0.15, 0.2) is 11.6 Å². The van der Waals surface area contributed by atoms with Crippen LogP contribution in [-0.2, 0) is 4.79 Å². The van der Waals surface area contributed by atoms with Gasteiger partial charge in [-0.3, -0.25) is 4.79 Å². The van der Waals surface area contributed by atoms with Gasteiger partial charge in [-0.05, 0) is 62.7 Å². The monoisotopic (exact) mass is 361 g/mol. The molecule has 5 fully saturated rings. The molecule has 136 valence electrons. The number of thiazole rings is 1. The standard InChI is InChI=1S/C19H27N3O2S/c23-16-13-6-12-7-14(16)10-19(8-12,9-13)17(24)21-15-2-1-4-22(11-15)18-20-3-5-25-18/h3,5,12-16,23H,1-2,4,6-11H2,(H,21,24)/t12?,13?,14?,15-,16?,19?/m0/s1. The number of amides is 1. The second-order valence-corrected chi connectivity index (χ2v) is 9.69. The Bertz CT molecular complexity index is 633. The lowest BCUT2D eigenvalue weighted by molar-refractivity contribution is -0.163. The van der Waals surface area contributed by atoms with Crippen LogP contribution >= 0.6 is 11.3 Å². The van der Waals surface area contributed by atoms with Gasteiger partial charge in [0.15, 0.2) is 5.13 Å². The Balaban J connectivity index is 1.27. The topological polar surface area (TPSA) is 65.5 Å². The van der Waals surface area contributed by atoms with E-state index in [0.717, 1.165) is 63.2 Å². The first-order chi connectivity index (χ1) is 12.1. The van der Waals surface area contributed by atoms with Gasteiger partial charge in [0.25, 0.3) is 0 Å². The quantitative estimate of drug-likeness (QED) is 0.868. The van der Waals surface area contributed by atoms with Crippen molar-refractivity contribution in [3.63, 3.8) is 0 Å². The Morgan fingerprint density at radius 2 is 2.12 bits per heavy atom. The summed E-state index contributed by atoms with van der Waals surface area (Å²) in [6.07, 6.45) is 8.96. The third-order valence-electron chi connectivity index (χ3n) is 7.15. The summed E-state index contributed by atoms with van der Waals surface area (Å²) in [4.78, 5) is 20.0. The van der Waals surface area contributed by atoms with Gasteiger partial charge in [0.1, 0.15) is 0 Å². The maximum atomic E-state index is 13.2. The average molecular weight is 362 g/mol. The van der Waals surface area contributed by atoms with Gasteiger partial charge in [0.05, 0.1) is 11.5 Å². The van der Waals surface area contributed by atoms with Crippen molar-refractivity contribution < 1.29 is 9.90 Å². The Hall–Kier alpha value is -1.14. The first kappa shape index (κ1) is 16.1. The van der Waals surface area contributed by atoms with E-state index in [2.05, 4.69) is 15.2 Å². The molecular weight excluding hydrogens is 334 g/mol. The van der Waals surface area contributed by atoms with Gasteiger partial charge in [-0.25, -0.2) is 4.98 Å². The number of nitrogens with zero attached hydrogens (tertiary/aromatic N) is 2. The molecule has 6 rings (SSSR count). The molecule has 2 heterocycles. The number of aliphatic hydroxyl groups excluding tert-OH is 1. The molecule has 25 heavy (non-hydrogen) atoms. The fourth-order valence-electron chi connectivity index (χ4n) is 6.25. The number of anilines is 1. The van der Waals surface area contributed by atoms with E-state index >= 15 is 0 Å². The molecule has 0 spiro atoms. The molecule has 5 aliphatic rings. The summed E-state index contributed by atoms with van der Waals surface area (Å²) in [6, 6.07) is 0.225. The highest BCUT2D eigenvalue weighted by Gasteiger charge is 2.58. The van der Waals surface area contributed by atoms with Crippen LogP contribution in [0.3, 0.4) is 0 Å². The molecule has 2 unspecified atom stereocenters. The number of hydrogen-bond donors (Lipinski definition) is 2. The van der Waals surface area contributed by atoms with Crippen molar-refractivity contribution in [1.82, 2.24) is 10.3 Å². The van der Waals surface area contributed by atoms with Gasteiger partial charge in [0.2, 0.25) is 5.91 Å². The number of rotatable bonds is 3. The summed E-state index contributed by atoms with van der Waals surface area (Å²) in [6.45, 7) is 1.90. The summed E-state index contributed by atoms with van der Waals surface area (Å²) in [5.74, 6) is 1.64. The molecule has 1 saturated heterocycles. The smallest absolute Gasteiger partial charge is 0.226 e. The predicted molar refractivity (Wildman–Crippen MR) is 97.5 cm³/mol. The SMILES string of the molecule is O=C(N[C@H]1CCCN(c2nccs2)C1)C12CC3CC(C1)C(O)C(C3)C2. The molecule has 1 amide bonds. The summed E-state index contributed by atoms with van der Waals surface area (Å²) in [5.41, 5.74) is -0.195. The fourth-order valence-corrected chi connectivity index (χ4v) is 6.93. The molecule has 0 aromatic carbocycles. The van der Waals surface area contributed by atoms with Crippen molar-refractivity contribution in [2.45, 2.75) is 57.1 Å². The van der Waals surface area contributed by atoms with Crippen LogP contribution in [0.5, 0.6) is 0 Å². The predicted octanol–water partition coefficient (Wildman–Crippen LogP) is 2.42. The molecule has 4 saturated carbocycles. The summed E-state index contributed by atoms with van der Waals surface area (Å²) < 4.78 is 0. The average Bonchev–Trinajstić information content (AvgIpc) is 3.14. The van der Waals surface area contributed by atoms with Gasteiger partial charge in [-0.15, -0.1) is 11.3 Å². The zero-order chi connectivity index (χ0) is 17.0. The van der Waals surface area contributed by atoms with E-state index in [0.29, 0.717) is 17.8 Å². The van der Waals surface area contributed by atoms with Crippen molar-refractivity contribution >= 4 is 22.4 Å². The van der Waals surface area contributed by atoms with Crippen molar-refractivity contribution in [2.75, 3.05) is 18.0 Å². The van der Waals surface area contributed by atoms with Gasteiger partial charge >= 0.3 is 0 Å². The van der Waals surface area contributed by atoms with E-state index < -0.39 is 0 Å². The highest BCUT2D eigenvalue weighted by atomic mass is 32.1. The third kappa shape index (κ3) is 2.69. The molecule has 5 nitrogen and oxygen atoms in total. The summed E-state index contributed by atoms with van der Waals surface area (Å²) >= 11 is 1.67. The molecule has 6 heteroatoms. The zero-order valence-corrected chi connectivity index (χ0v) is 15.4. The largest absolute Gasteiger partial charge is 0.393 e. The number of carbonyl (C=O) groups excluding carboxylic acids is 1. The Morgan fingerprint density at radius 1 is 1.32 bits per heavy atom. The second kappa shape index (κ2) is 5.95. The third-order valence-corrected chi connectivity index (χ3v) is 7.98. The van der Waals surface area contributed by atoms with E-state index in [1.54, 1.807) is 11.3 Å². The molecule has 4 aliphatic carbocycles. The van der Waals surface area contributed by atoms with E-state index in [1.807, 2.05) is 11.6 Å². The maximum absolute atomic E-state index is 13.2. The van der Waals surface area contributed by atoms with Crippen LogP contribution in [0.4, 0.5) is 5.13 Å². The van der Waals surface area contributed by atoms with Crippen LogP contribution in [0.25, 0.3) is 0 Å². The Labute approximate surface area is 152 Å². The van der Waals surface area contributed by atoms with E-state index in [9.17, 15) is 9.90 Å². The minimum atomic E-state index is -0.195. The molecule has 0 radical (unpaired) electrons. The van der Waals surface area contributed by atoms with Crippen LogP contribution < -0.4 is 10.2 Å². The number of piperidine rings is 1. The number of carbonyl (C=O) groups is 1. The maximum Gasteiger partial charge on any atom is 0.226 e. The van der Waals surface area contributed by atoms with Crippen molar-refractivity contribution in [3.05, 3.63) is 11.6 Å². The minimum Gasteiger partial charge on any atom is -0.393 e. The number of hydrogen-bond acceptors (Lipinski definition) is 5. The Morgan fingerprint density at radius 3 is 2.84 bits per heavy atom. The zero-order valence-electron chi connectivity index (χ0n) is 14.6. The van der Waals surface area contributed by atoms with E-state index in [-0.39, 0.29) is 23.5 Å². The number of nitrogens with one attached hydrogen (secondary N) is 1. The van der Waals surface area contributed by atoms with E-state index in [1.165, 1.54) is 0 Å². The van der Waals surface area contributed by atoms with E-state index in [4.69, 9.17) is 0 Å². The molecule has 1 aromatic rings. The highest BCUT2D eigenvalue weighted by molar-refractivity contribution is 7.13. The summed E-state index contributed by atoms with van der Waals surface area (Å²) in [7, 11) is 0. The first-order valence-corrected chi connectivity index (χ1v) is 10.6. The van der Waals surface area contributed by atoms with Crippen LogP contribution in [0.2, 0.25) is 0 Å². The van der Waals surface area contributed by atoms with Gasteiger partial charge < -0.3 is 15.3 Å². The fraction of sp³-hybridized carbons (Fsp3) is 0.789. The number of aliphatic hydroxyl groups is 1. The van der Waals surface area contributed by atoms with Gasteiger partial charge in [0, 0.05) is 30.7 Å². The lowest BCUT2D eigenvalue weighted by atomic mass is 9.48. The van der Waals surface area contributed by atoms with Crippen LogP contribution in [-0.4, -0.2) is 41.2 Å². The minimum absolute atomic E-state index is 0.160. The lowest BCUT2D eigenvalue weighted by Crippen LogP contribution is -2.60. The lowest BCUT2D eigenvalue weighted by Gasteiger charge is -2.58.